The molecule has 2 aromatic rings. The number of aryl methyl sites for hydroxylation is 1. The smallest absolute Gasteiger partial charge is 0.129 e. The van der Waals surface area contributed by atoms with E-state index in [1.54, 1.807) is 7.11 Å². The van der Waals surface area contributed by atoms with Crippen LogP contribution in [0.3, 0.4) is 0 Å². The number of benzene rings is 1. The highest BCUT2D eigenvalue weighted by atomic mass is 35.5. The van der Waals surface area contributed by atoms with Crippen molar-refractivity contribution in [2.45, 2.75) is 45.4 Å². The fraction of sp³-hybridized carbons (Fsp3) is 0.471. The van der Waals surface area contributed by atoms with Gasteiger partial charge in [0.25, 0.3) is 0 Å². The van der Waals surface area contributed by atoms with Crippen molar-refractivity contribution in [3.63, 3.8) is 0 Å². The number of hydrogen-bond donors (Lipinski definition) is 1. The first-order valence-corrected chi connectivity index (χ1v) is 8.00. The number of nitrogens with zero attached hydrogens (tertiary/aromatic N) is 1. The standard InChI is InChI=1S/C17H23ClN2O/c1-3-4-5-6-7-8-17-19-12-15(20-17)14-10-9-13(18)11-16(14)21-2/h9-12H,3-8H2,1-2H3,(H,19,20). The maximum absolute atomic E-state index is 5.99. The van der Waals surface area contributed by atoms with Crippen LogP contribution < -0.4 is 4.74 Å². The number of aromatic nitrogens is 2. The lowest BCUT2D eigenvalue weighted by Gasteiger charge is -2.06. The summed E-state index contributed by atoms with van der Waals surface area (Å²) in [6, 6.07) is 5.65. The maximum Gasteiger partial charge on any atom is 0.129 e. The molecule has 21 heavy (non-hydrogen) atoms. The molecule has 0 atom stereocenters. The summed E-state index contributed by atoms with van der Waals surface area (Å²) in [6.45, 7) is 2.23. The molecule has 1 heterocycles. The van der Waals surface area contributed by atoms with E-state index in [0.717, 1.165) is 29.3 Å². The van der Waals surface area contributed by atoms with E-state index in [2.05, 4.69) is 16.9 Å². The third-order valence-electron chi connectivity index (χ3n) is 3.60. The zero-order valence-electron chi connectivity index (χ0n) is 12.8. The van der Waals surface area contributed by atoms with Crippen molar-refractivity contribution in [1.29, 1.82) is 0 Å². The van der Waals surface area contributed by atoms with E-state index >= 15 is 0 Å². The second-order valence-corrected chi connectivity index (χ2v) is 5.69. The fourth-order valence-electron chi connectivity index (χ4n) is 2.41. The van der Waals surface area contributed by atoms with Crippen LogP contribution >= 0.6 is 11.6 Å². The Balaban J connectivity index is 1.99. The largest absolute Gasteiger partial charge is 0.496 e. The molecule has 0 unspecified atom stereocenters. The van der Waals surface area contributed by atoms with Crippen LogP contribution in [0.4, 0.5) is 0 Å². The number of methoxy groups -OCH3 is 1. The van der Waals surface area contributed by atoms with Crippen LogP contribution in [0, 0.1) is 0 Å². The molecular formula is C17H23ClN2O. The highest BCUT2D eigenvalue weighted by Gasteiger charge is 2.09. The lowest BCUT2D eigenvalue weighted by Crippen LogP contribution is -1.90. The third kappa shape index (κ3) is 4.50. The maximum atomic E-state index is 5.99. The molecule has 0 radical (unpaired) electrons. The molecule has 0 bridgehead atoms. The quantitative estimate of drug-likeness (QED) is 0.676. The number of rotatable bonds is 8. The normalized spacial score (nSPS) is 10.8. The van der Waals surface area contributed by atoms with Gasteiger partial charge in [-0.1, -0.05) is 44.2 Å². The van der Waals surface area contributed by atoms with Gasteiger partial charge in [-0.25, -0.2) is 4.98 Å². The monoisotopic (exact) mass is 306 g/mol. The number of unbranched alkanes of at least 4 members (excludes halogenated alkanes) is 4. The van der Waals surface area contributed by atoms with Crippen molar-refractivity contribution < 1.29 is 4.74 Å². The van der Waals surface area contributed by atoms with Crippen molar-refractivity contribution in [3.8, 4) is 17.0 Å². The predicted molar refractivity (Wildman–Crippen MR) is 88.0 cm³/mol. The van der Waals surface area contributed by atoms with Gasteiger partial charge in [0, 0.05) is 17.0 Å². The van der Waals surface area contributed by atoms with Gasteiger partial charge < -0.3 is 9.72 Å². The van der Waals surface area contributed by atoms with E-state index < -0.39 is 0 Å². The summed E-state index contributed by atoms with van der Waals surface area (Å²) in [7, 11) is 1.65. The van der Waals surface area contributed by atoms with Crippen LogP contribution in [0.5, 0.6) is 5.75 Å². The van der Waals surface area contributed by atoms with E-state index in [9.17, 15) is 0 Å². The van der Waals surface area contributed by atoms with E-state index in [4.69, 9.17) is 16.3 Å². The van der Waals surface area contributed by atoms with Crippen LogP contribution in [0.2, 0.25) is 5.02 Å². The van der Waals surface area contributed by atoms with E-state index in [-0.39, 0.29) is 0 Å². The van der Waals surface area contributed by atoms with Gasteiger partial charge in [-0.05, 0) is 24.6 Å². The average Bonchev–Trinajstić information content (AvgIpc) is 2.95. The number of aromatic amines is 1. The van der Waals surface area contributed by atoms with Crippen LogP contribution in [-0.4, -0.2) is 17.1 Å². The molecule has 3 nitrogen and oxygen atoms in total. The van der Waals surface area contributed by atoms with E-state index in [0.29, 0.717) is 5.02 Å². The van der Waals surface area contributed by atoms with Crippen LogP contribution in [-0.2, 0) is 6.42 Å². The Bertz CT molecular complexity index is 566. The minimum Gasteiger partial charge on any atom is -0.496 e. The summed E-state index contributed by atoms with van der Waals surface area (Å²) >= 11 is 5.99. The number of hydrogen-bond acceptors (Lipinski definition) is 2. The Morgan fingerprint density at radius 2 is 2.00 bits per heavy atom. The number of imidazole rings is 1. The molecular weight excluding hydrogens is 284 g/mol. The first-order chi connectivity index (χ1) is 10.2. The second kappa shape index (κ2) is 8.08. The first kappa shape index (κ1) is 15.9. The van der Waals surface area contributed by atoms with Crippen LogP contribution in [0.1, 0.15) is 44.9 Å². The molecule has 0 aliphatic heterocycles. The summed E-state index contributed by atoms with van der Waals surface area (Å²) in [5.74, 6) is 1.80. The molecule has 0 aliphatic carbocycles. The molecule has 0 spiro atoms. The number of ether oxygens (including phenoxy) is 1. The summed E-state index contributed by atoms with van der Waals surface area (Å²) < 4.78 is 5.38. The van der Waals surface area contributed by atoms with Gasteiger partial charge in [-0.15, -0.1) is 0 Å². The second-order valence-electron chi connectivity index (χ2n) is 5.25. The first-order valence-electron chi connectivity index (χ1n) is 7.62. The lowest BCUT2D eigenvalue weighted by molar-refractivity contribution is 0.416. The Kier molecular flexibility index (Phi) is 6.12. The van der Waals surface area contributed by atoms with Gasteiger partial charge in [0.2, 0.25) is 0 Å². The molecule has 0 saturated carbocycles. The topological polar surface area (TPSA) is 37.9 Å². The Morgan fingerprint density at radius 1 is 1.19 bits per heavy atom. The molecule has 1 aromatic heterocycles. The predicted octanol–water partition coefficient (Wildman–Crippen LogP) is 5.25. The van der Waals surface area contributed by atoms with Crippen LogP contribution in [0.15, 0.2) is 24.4 Å². The molecule has 114 valence electrons. The minimum atomic E-state index is 0.672. The Hall–Kier alpha value is -1.48. The zero-order chi connectivity index (χ0) is 15.1. The van der Waals surface area contributed by atoms with Crippen molar-refractivity contribution >= 4 is 11.6 Å². The SMILES string of the molecule is CCCCCCCc1ncc(-c2ccc(Cl)cc2OC)[nH]1. The Labute approximate surface area is 131 Å². The number of nitrogens with one attached hydrogen (secondary N) is 1. The van der Waals surface area contributed by atoms with Crippen molar-refractivity contribution in [2.75, 3.05) is 7.11 Å². The molecule has 0 saturated heterocycles. The summed E-state index contributed by atoms with van der Waals surface area (Å²) in [5.41, 5.74) is 1.97. The van der Waals surface area contributed by atoms with Gasteiger partial charge >= 0.3 is 0 Å². The average molecular weight is 307 g/mol. The van der Waals surface area contributed by atoms with Gasteiger partial charge in [-0.2, -0.15) is 0 Å². The van der Waals surface area contributed by atoms with Gasteiger partial charge in [0.15, 0.2) is 0 Å². The van der Waals surface area contributed by atoms with Gasteiger partial charge in [0.05, 0.1) is 19.0 Å². The van der Waals surface area contributed by atoms with Crippen molar-refractivity contribution in [3.05, 3.63) is 35.2 Å². The highest BCUT2D eigenvalue weighted by Crippen LogP contribution is 2.31. The number of H-pyrrole nitrogens is 1. The van der Waals surface area contributed by atoms with Gasteiger partial charge in [-0.3, -0.25) is 0 Å². The zero-order valence-corrected chi connectivity index (χ0v) is 13.5. The van der Waals surface area contributed by atoms with Crippen molar-refractivity contribution in [1.82, 2.24) is 9.97 Å². The Morgan fingerprint density at radius 3 is 2.76 bits per heavy atom. The van der Waals surface area contributed by atoms with Crippen molar-refractivity contribution in [2.24, 2.45) is 0 Å². The third-order valence-corrected chi connectivity index (χ3v) is 3.83. The molecule has 0 amide bonds. The van der Waals surface area contributed by atoms with Crippen LogP contribution in [0.25, 0.3) is 11.3 Å². The molecule has 0 aliphatic rings. The molecule has 0 fully saturated rings. The van der Waals surface area contributed by atoms with E-state index in [1.807, 2.05) is 24.4 Å². The van der Waals surface area contributed by atoms with E-state index in [1.165, 1.54) is 32.1 Å². The fourth-order valence-corrected chi connectivity index (χ4v) is 2.57. The lowest BCUT2D eigenvalue weighted by atomic mass is 10.1. The molecule has 1 N–H and O–H groups in total. The summed E-state index contributed by atoms with van der Waals surface area (Å²) in [5, 5.41) is 0.672. The highest BCUT2D eigenvalue weighted by molar-refractivity contribution is 6.30. The molecule has 2 rings (SSSR count). The molecule has 4 heteroatoms. The summed E-state index contributed by atoms with van der Waals surface area (Å²) in [6.07, 6.45) is 9.24. The van der Waals surface area contributed by atoms with Gasteiger partial charge in [0.1, 0.15) is 11.6 Å². The number of halogens is 1. The summed E-state index contributed by atoms with van der Waals surface area (Å²) in [4.78, 5) is 7.84. The minimum absolute atomic E-state index is 0.672. The molecule has 1 aromatic carbocycles.